The smallest absolute Gasteiger partial charge is 0.0645 e. The minimum absolute atomic E-state index is 1.07. The third-order valence-electron chi connectivity index (χ3n) is 3.07. The van der Waals surface area contributed by atoms with Gasteiger partial charge in [0.05, 0.1) is 11.9 Å². The largest absolute Gasteiger partial charge is 0.240 e. The van der Waals surface area contributed by atoms with Crippen molar-refractivity contribution >= 4 is 15.9 Å². The molecule has 0 saturated heterocycles. The fourth-order valence-electron chi connectivity index (χ4n) is 2.00. The molecular formula is C16H13BrN2. The van der Waals surface area contributed by atoms with Crippen LogP contribution in [0, 0.1) is 6.92 Å². The highest BCUT2D eigenvalue weighted by molar-refractivity contribution is 9.10. The van der Waals surface area contributed by atoms with Gasteiger partial charge in [-0.3, -0.25) is 0 Å². The van der Waals surface area contributed by atoms with Crippen LogP contribution in [0.1, 0.15) is 5.56 Å². The Kier molecular flexibility index (Phi) is 3.22. The van der Waals surface area contributed by atoms with Crippen molar-refractivity contribution in [1.82, 2.24) is 9.78 Å². The summed E-state index contributed by atoms with van der Waals surface area (Å²) < 4.78 is 2.98. The van der Waals surface area contributed by atoms with Gasteiger partial charge in [0.2, 0.25) is 0 Å². The number of benzene rings is 2. The lowest BCUT2D eigenvalue weighted by Gasteiger charge is -2.02. The molecule has 0 spiro atoms. The summed E-state index contributed by atoms with van der Waals surface area (Å²) in [5.41, 5.74) is 4.58. The van der Waals surface area contributed by atoms with Gasteiger partial charge in [-0.05, 0) is 30.7 Å². The van der Waals surface area contributed by atoms with Crippen molar-refractivity contribution < 1.29 is 0 Å². The van der Waals surface area contributed by atoms with E-state index in [-0.39, 0.29) is 0 Å². The van der Waals surface area contributed by atoms with E-state index >= 15 is 0 Å². The van der Waals surface area contributed by atoms with Crippen molar-refractivity contribution in [2.45, 2.75) is 6.92 Å². The summed E-state index contributed by atoms with van der Waals surface area (Å²) in [4.78, 5) is 0. The van der Waals surface area contributed by atoms with E-state index in [0.29, 0.717) is 0 Å². The number of aryl methyl sites for hydroxylation is 1. The van der Waals surface area contributed by atoms with E-state index in [2.05, 4.69) is 58.3 Å². The van der Waals surface area contributed by atoms with Crippen molar-refractivity contribution in [3.63, 3.8) is 0 Å². The first-order chi connectivity index (χ1) is 9.24. The van der Waals surface area contributed by atoms with Crippen LogP contribution >= 0.6 is 15.9 Å². The van der Waals surface area contributed by atoms with Gasteiger partial charge in [0, 0.05) is 16.2 Å². The lowest BCUT2D eigenvalue weighted by Crippen LogP contribution is -1.93. The zero-order chi connectivity index (χ0) is 13.2. The normalized spacial score (nSPS) is 10.6. The van der Waals surface area contributed by atoms with E-state index in [1.54, 1.807) is 0 Å². The number of rotatable bonds is 2. The van der Waals surface area contributed by atoms with Gasteiger partial charge < -0.3 is 0 Å². The molecule has 0 atom stereocenters. The van der Waals surface area contributed by atoms with Gasteiger partial charge in [-0.25, -0.2) is 4.68 Å². The van der Waals surface area contributed by atoms with E-state index < -0.39 is 0 Å². The van der Waals surface area contributed by atoms with Crippen LogP contribution in [-0.2, 0) is 0 Å². The molecule has 3 heteroatoms. The molecule has 0 aliphatic carbocycles. The highest BCUT2D eigenvalue weighted by atomic mass is 79.9. The van der Waals surface area contributed by atoms with Crippen LogP contribution in [0.3, 0.4) is 0 Å². The van der Waals surface area contributed by atoms with E-state index in [1.165, 1.54) is 5.56 Å². The summed E-state index contributed by atoms with van der Waals surface area (Å²) in [7, 11) is 0. The van der Waals surface area contributed by atoms with Gasteiger partial charge in [0.1, 0.15) is 0 Å². The summed E-state index contributed by atoms with van der Waals surface area (Å²) in [5, 5.41) is 4.43. The van der Waals surface area contributed by atoms with E-state index in [4.69, 9.17) is 0 Å². The predicted octanol–water partition coefficient (Wildman–Crippen LogP) is 4.61. The Labute approximate surface area is 120 Å². The Balaban J connectivity index is 2.00. The zero-order valence-corrected chi connectivity index (χ0v) is 12.1. The Morgan fingerprint density at radius 3 is 2.47 bits per heavy atom. The fourth-order valence-corrected chi connectivity index (χ4v) is 2.51. The van der Waals surface area contributed by atoms with Crippen molar-refractivity contribution in [3.8, 4) is 16.8 Å². The lowest BCUT2D eigenvalue weighted by molar-refractivity contribution is 0.880. The van der Waals surface area contributed by atoms with Gasteiger partial charge in [0.15, 0.2) is 0 Å². The maximum Gasteiger partial charge on any atom is 0.0645 e. The number of nitrogens with zero attached hydrogens (tertiary/aromatic N) is 2. The minimum Gasteiger partial charge on any atom is -0.240 e. The Morgan fingerprint density at radius 2 is 1.74 bits per heavy atom. The van der Waals surface area contributed by atoms with E-state index in [0.717, 1.165) is 21.3 Å². The second-order valence-electron chi connectivity index (χ2n) is 4.49. The highest BCUT2D eigenvalue weighted by Crippen LogP contribution is 2.27. The molecule has 0 aliphatic heterocycles. The fraction of sp³-hybridized carbons (Fsp3) is 0.0625. The van der Waals surface area contributed by atoms with Crippen LogP contribution in [-0.4, -0.2) is 9.78 Å². The predicted molar refractivity (Wildman–Crippen MR) is 81.4 cm³/mol. The van der Waals surface area contributed by atoms with Gasteiger partial charge in [0.25, 0.3) is 0 Å². The molecule has 1 aromatic heterocycles. The molecule has 0 amide bonds. The standard InChI is InChI=1S/C16H13BrN2/c1-12-6-8-14(9-7-12)19-11-13(10-18-19)15-4-2-3-5-16(15)17/h2-11H,1H3. The van der Waals surface area contributed by atoms with Crippen molar-refractivity contribution in [2.24, 2.45) is 0 Å². The van der Waals surface area contributed by atoms with Gasteiger partial charge in [-0.15, -0.1) is 0 Å². The molecular weight excluding hydrogens is 300 g/mol. The monoisotopic (exact) mass is 312 g/mol. The van der Waals surface area contributed by atoms with Gasteiger partial charge in [-0.1, -0.05) is 51.8 Å². The topological polar surface area (TPSA) is 17.8 Å². The zero-order valence-electron chi connectivity index (χ0n) is 10.5. The Bertz CT molecular complexity index is 699. The number of hydrogen-bond donors (Lipinski definition) is 0. The first kappa shape index (κ1) is 12.2. The van der Waals surface area contributed by atoms with Crippen LogP contribution in [0.25, 0.3) is 16.8 Å². The second-order valence-corrected chi connectivity index (χ2v) is 5.34. The maximum absolute atomic E-state index is 4.43. The molecule has 0 N–H and O–H groups in total. The Hall–Kier alpha value is -1.87. The third kappa shape index (κ3) is 2.47. The Morgan fingerprint density at radius 1 is 1.00 bits per heavy atom. The molecule has 3 rings (SSSR count). The molecule has 19 heavy (non-hydrogen) atoms. The first-order valence-electron chi connectivity index (χ1n) is 6.11. The molecule has 0 saturated carbocycles. The van der Waals surface area contributed by atoms with Gasteiger partial charge in [-0.2, -0.15) is 5.10 Å². The summed E-state index contributed by atoms with van der Waals surface area (Å²) in [6.45, 7) is 2.08. The van der Waals surface area contributed by atoms with Crippen LogP contribution in [0.15, 0.2) is 65.4 Å². The van der Waals surface area contributed by atoms with Crippen LogP contribution in [0.4, 0.5) is 0 Å². The molecule has 0 radical (unpaired) electrons. The molecule has 0 aliphatic rings. The summed E-state index contributed by atoms with van der Waals surface area (Å²) in [6, 6.07) is 16.5. The van der Waals surface area contributed by atoms with E-state index in [9.17, 15) is 0 Å². The van der Waals surface area contributed by atoms with Crippen molar-refractivity contribution in [3.05, 3.63) is 71.0 Å². The van der Waals surface area contributed by atoms with Crippen molar-refractivity contribution in [1.29, 1.82) is 0 Å². The lowest BCUT2D eigenvalue weighted by atomic mass is 10.1. The molecule has 94 valence electrons. The minimum atomic E-state index is 1.07. The van der Waals surface area contributed by atoms with Crippen LogP contribution in [0.5, 0.6) is 0 Å². The summed E-state index contributed by atoms with van der Waals surface area (Å²) in [5.74, 6) is 0. The first-order valence-corrected chi connectivity index (χ1v) is 6.90. The van der Waals surface area contributed by atoms with E-state index in [1.807, 2.05) is 35.3 Å². The molecule has 2 aromatic carbocycles. The summed E-state index contributed by atoms with van der Waals surface area (Å²) in [6.07, 6.45) is 3.94. The second kappa shape index (κ2) is 5.02. The quantitative estimate of drug-likeness (QED) is 0.675. The average molecular weight is 313 g/mol. The SMILES string of the molecule is Cc1ccc(-n2cc(-c3ccccc3Br)cn2)cc1. The highest BCUT2D eigenvalue weighted by Gasteiger charge is 2.06. The van der Waals surface area contributed by atoms with Crippen molar-refractivity contribution in [2.75, 3.05) is 0 Å². The number of aromatic nitrogens is 2. The molecule has 2 nitrogen and oxygen atoms in total. The number of hydrogen-bond acceptors (Lipinski definition) is 1. The summed E-state index contributed by atoms with van der Waals surface area (Å²) >= 11 is 3.57. The maximum atomic E-state index is 4.43. The molecule has 0 fully saturated rings. The molecule has 0 bridgehead atoms. The number of halogens is 1. The molecule has 0 unspecified atom stereocenters. The third-order valence-corrected chi connectivity index (χ3v) is 3.76. The van der Waals surface area contributed by atoms with Crippen LogP contribution in [0.2, 0.25) is 0 Å². The average Bonchev–Trinajstić information content (AvgIpc) is 2.89. The molecule has 3 aromatic rings. The van der Waals surface area contributed by atoms with Gasteiger partial charge >= 0.3 is 0 Å². The van der Waals surface area contributed by atoms with Crippen LogP contribution < -0.4 is 0 Å². The molecule has 1 heterocycles.